The molecule has 4 rings (SSSR count). The van der Waals surface area contributed by atoms with Crippen LogP contribution in [0.1, 0.15) is 15.9 Å². The van der Waals surface area contributed by atoms with Crippen LogP contribution >= 0.6 is 35.6 Å². The van der Waals surface area contributed by atoms with Crippen LogP contribution in [0.2, 0.25) is 5.02 Å². The van der Waals surface area contributed by atoms with Gasteiger partial charge in [-0.1, -0.05) is 53.8 Å². The van der Waals surface area contributed by atoms with E-state index in [1.165, 1.54) is 24.1 Å². The molecule has 33 heavy (non-hydrogen) atoms. The Morgan fingerprint density at radius 3 is 2.52 bits per heavy atom. The minimum Gasteiger partial charge on any atom is -0.493 e. The summed E-state index contributed by atoms with van der Waals surface area (Å²) in [5, 5.41) is 0.508. The fourth-order valence-corrected chi connectivity index (χ4v) is 4.47. The summed E-state index contributed by atoms with van der Waals surface area (Å²) in [6.07, 6.45) is 1.62. The number of hydrogen-bond acceptors (Lipinski definition) is 6. The topological polar surface area (TPSA) is 55.8 Å². The number of hydrogen-bond donors (Lipinski definition) is 0. The van der Waals surface area contributed by atoms with Crippen molar-refractivity contribution in [1.29, 1.82) is 0 Å². The van der Waals surface area contributed by atoms with Crippen LogP contribution in [0.25, 0.3) is 6.08 Å². The summed E-state index contributed by atoms with van der Waals surface area (Å²) in [7, 11) is 1.44. The zero-order valence-electron chi connectivity index (χ0n) is 17.1. The molecular weight excluding hydrogens is 485 g/mol. The summed E-state index contributed by atoms with van der Waals surface area (Å²) in [6, 6.07) is 17.1. The molecule has 0 aromatic heterocycles. The molecule has 0 saturated carbocycles. The molecule has 1 fully saturated rings. The summed E-state index contributed by atoms with van der Waals surface area (Å²) in [6.45, 7) is 0. The molecule has 0 N–H and O–H groups in total. The average Bonchev–Trinajstić information content (AvgIpc) is 3.08. The average molecular weight is 500 g/mol. The second kappa shape index (κ2) is 9.74. The van der Waals surface area contributed by atoms with Gasteiger partial charge in [0.2, 0.25) is 0 Å². The van der Waals surface area contributed by atoms with Crippen molar-refractivity contribution in [3.05, 3.63) is 93.6 Å². The third kappa shape index (κ3) is 4.93. The Kier molecular flexibility index (Phi) is 6.78. The maximum absolute atomic E-state index is 14.2. The van der Waals surface area contributed by atoms with Gasteiger partial charge in [0, 0.05) is 5.02 Å². The minimum atomic E-state index is -0.566. The van der Waals surface area contributed by atoms with E-state index < -0.39 is 17.7 Å². The zero-order valence-corrected chi connectivity index (χ0v) is 19.5. The number of benzene rings is 3. The molecule has 0 bridgehead atoms. The molecule has 1 aliphatic rings. The lowest BCUT2D eigenvalue weighted by Gasteiger charge is -2.14. The van der Waals surface area contributed by atoms with Gasteiger partial charge in [-0.15, -0.1) is 0 Å². The van der Waals surface area contributed by atoms with Gasteiger partial charge in [-0.25, -0.2) is 9.18 Å². The maximum atomic E-state index is 14.2. The Balaban J connectivity index is 1.57. The number of amides is 1. The van der Waals surface area contributed by atoms with Crippen molar-refractivity contribution in [1.82, 2.24) is 0 Å². The summed E-state index contributed by atoms with van der Waals surface area (Å²) in [5.74, 6) is -1.01. The molecule has 0 atom stereocenters. The standard InChI is InChI=1S/C24H15ClFNO4S2/c1-30-20-12-14(6-11-19(20)31-23(29)15-7-9-16(25)10-8-15)13-21-22(28)27(24(32)33-21)18-5-3-2-4-17(18)26/h2-13H,1H3. The third-order valence-corrected chi connectivity index (χ3v) is 6.21. The molecule has 1 saturated heterocycles. The van der Waals surface area contributed by atoms with Gasteiger partial charge in [-0.3, -0.25) is 9.69 Å². The molecule has 1 amide bonds. The molecule has 0 radical (unpaired) electrons. The van der Waals surface area contributed by atoms with Gasteiger partial charge in [0.1, 0.15) is 5.82 Å². The second-order valence-corrected chi connectivity index (χ2v) is 8.89. The number of anilines is 1. The smallest absolute Gasteiger partial charge is 0.343 e. The van der Waals surface area contributed by atoms with Crippen molar-refractivity contribution in [2.24, 2.45) is 0 Å². The van der Waals surface area contributed by atoms with Gasteiger partial charge in [-0.2, -0.15) is 0 Å². The Labute approximate surface area is 203 Å². The number of halogens is 2. The summed E-state index contributed by atoms with van der Waals surface area (Å²) >= 11 is 12.2. The molecule has 166 valence electrons. The Morgan fingerprint density at radius 1 is 1.09 bits per heavy atom. The van der Waals surface area contributed by atoms with Crippen LogP contribution < -0.4 is 14.4 Å². The molecule has 5 nitrogen and oxygen atoms in total. The van der Waals surface area contributed by atoms with Crippen molar-refractivity contribution in [3.8, 4) is 11.5 Å². The first-order valence-corrected chi connectivity index (χ1v) is 11.2. The molecule has 3 aromatic carbocycles. The van der Waals surface area contributed by atoms with Crippen LogP contribution in [0.4, 0.5) is 10.1 Å². The highest BCUT2D eigenvalue weighted by atomic mass is 35.5. The zero-order chi connectivity index (χ0) is 23.5. The molecule has 0 spiro atoms. The number of carbonyl (C=O) groups is 2. The van der Waals surface area contributed by atoms with Gasteiger partial charge in [0.25, 0.3) is 5.91 Å². The lowest BCUT2D eigenvalue weighted by atomic mass is 10.1. The molecule has 0 aliphatic carbocycles. The maximum Gasteiger partial charge on any atom is 0.343 e. The van der Waals surface area contributed by atoms with Crippen molar-refractivity contribution < 1.29 is 23.5 Å². The van der Waals surface area contributed by atoms with E-state index >= 15 is 0 Å². The number of para-hydroxylation sites is 1. The predicted molar refractivity (Wildman–Crippen MR) is 131 cm³/mol. The van der Waals surface area contributed by atoms with E-state index in [1.807, 2.05) is 0 Å². The van der Waals surface area contributed by atoms with Crippen LogP contribution in [-0.4, -0.2) is 23.3 Å². The number of esters is 1. The van der Waals surface area contributed by atoms with Crippen LogP contribution in [0.5, 0.6) is 11.5 Å². The van der Waals surface area contributed by atoms with Gasteiger partial charge in [0.15, 0.2) is 15.8 Å². The fraction of sp³-hybridized carbons (Fsp3) is 0.0417. The minimum absolute atomic E-state index is 0.102. The molecule has 0 unspecified atom stereocenters. The Morgan fingerprint density at radius 2 is 1.82 bits per heavy atom. The monoisotopic (exact) mass is 499 g/mol. The number of thiocarbonyl (C=S) groups is 1. The summed E-state index contributed by atoms with van der Waals surface area (Å²) in [5.41, 5.74) is 1.06. The molecule has 3 aromatic rings. The van der Waals surface area contributed by atoms with E-state index in [0.717, 1.165) is 11.8 Å². The lowest BCUT2D eigenvalue weighted by Crippen LogP contribution is -2.28. The van der Waals surface area contributed by atoms with Crippen molar-refractivity contribution >= 4 is 63.5 Å². The van der Waals surface area contributed by atoms with E-state index in [0.29, 0.717) is 26.8 Å². The van der Waals surface area contributed by atoms with Crippen molar-refractivity contribution in [2.45, 2.75) is 0 Å². The number of nitrogens with zero attached hydrogens (tertiary/aromatic N) is 1. The van der Waals surface area contributed by atoms with E-state index in [-0.39, 0.29) is 15.8 Å². The molecule has 1 heterocycles. The predicted octanol–water partition coefficient (Wildman–Crippen LogP) is 6.11. The van der Waals surface area contributed by atoms with Crippen LogP contribution in [0.3, 0.4) is 0 Å². The number of rotatable bonds is 5. The largest absolute Gasteiger partial charge is 0.493 e. The highest BCUT2D eigenvalue weighted by molar-refractivity contribution is 8.27. The Hall–Kier alpha value is -3.20. The van der Waals surface area contributed by atoms with E-state index in [9.17, 15) is 14.0 Å². The SMILES string of the molecule is COc1cc(C=C2SC(=S)N(c3ccccc3F)C2=O)ccc1OC(=O)c1ccc(Cl)cc1. The molecular formula is C24H15ClFNO4S2. The highest BCUT2D eigenvalue weighted by Gasteiger charge is 2.34. The van der Waals surface area contributed by atoms with E-state index in [4.69, 9.17) is 33.3 Å². The quantitative estimate of drug-likeness (QED) is 0.183. The first-order chi connectivity index (χ1) is 15.9. The molecule has 1 aliphatic heterocycles. The number of methoxy groups -OCH3 is 1. The van der Waals surface area contributed by atoms with Crippen LogP contribution in [0, 0.1) is 5.82 Å². The number of thioether (sulfide) groups is 1. The van der Waals surface area contributed by atoms with Gasteiger partial charge in [-0.05, 0) is 60.2 Å². The van der Waals surface area contributed by atoms with E-state index in [1.54, 1.807) is 60.7 Å². The Bertz CT molecular complexity index is 1290. The highest BCUT2D eigenvalue weighted by Crippen LogP contribution is 2.38. The fourth-order valence-electron chi connectivity index (χ4n) is 3.06. The van der Waals surface area contributed by atoms with Gasteiger partial charge < -0.3 is 9.47 Å². The van der Waals surface area contributed by atoms with Crippen LogP contribution in [0.15, 0.2) is 71.6 Å². The first-order valence-electron chi connectivity index (χ1n) is 9.55. The summed E-state index contributed by atoms with van der Waals surface area (Å²) < 4.78 is 25.2. The normalized spacial score (nSPS) is 14.6. The molecule has 9 heteroatoms. The van der Waals surface area contributed by atoms with Gasteiger partial charge in [0.05, 0.1) is 23.3 Å². The summed E-state index contributed by atoms with van der Waals surface area (Å²) in [4.78, 5) is 26.8. The number of carbonyl (C=O) groups excluding carboxylic acids is 2. The third-order valence-electron chi connectivity index (χ3n) is 4.66. The lowest BCUT2D eigenvalue weighted by molar-refractivity contribution is -0.113. The van der Waals surface area contributed by atoms with Crippen molar-refractivity contribution in [3.63, 3.8) is 0 Å². The van der Waals surface area contributed by atoms with E-state index in [2.05, 4.69) is 0 Å². The first kappa shape index (κ1) is 23.0. The van der Waals surface area contributed by atoms with Gasteiger partial charge >= 0.3 is 5.97 Å². The van der Waals surface area contributed by atoms with Crippen molar-refractivity contribution in [2.75, 3.05) is 12.0 Å². The number of ether oxygens (including phenoxy) is 2. The second-order valence-electron chi connectivity index (χ2n) is 6.78. The van der Waals surface area contributed by atoms with Crippen LogP contribution in [-0.2, 0) is 4.79 Å².